The second-order valence-corrected chi connectivity index (χ2v) is 4.18. The molecule has 0 aromatic carbocycles. The van der Waals surface area contributed by atoms with E-state index in [0.29, 0.717) is 6.61 Å². The average molecular weight is 246 g/mol. The maximum Gasteiger partial charge on any atom is 0.120 e. The van der Waals surface area contributed by atoms with Gasteiger partial charge in [-0.1, -0.05) is 6.07 Å². The number of pyridine rings is 1. The summed E-state index contributed by atoms with van der Waals surface area (Å²) in [5.74, 6) is 0.939. The summed E-state index contributed by atoms with van der Waals surface area (Å²) in [6, 6.07) is 6.05. The van der Waals surface area contributed by atoms with Gasteiger partial charge in [0.15, 0.2) is 0 Å². The van der Waals surface area contributed by atoms with Gasteiger partial charge in [-0.15, -0.1) is 0 Å². The lowest BCUT2D eigenvalue weighted by Crippen LogP contribution is -2.28. The smallest absolute Gasteiger partial charge is 0.120 e. The van der Waals surface area contributed by atoms with Crippen LogP contribution >= 0.6 is 0 Å². The summed E-state index contributed by atoms with van der Waals surface area (Å²) < 4.78 is 5.29. The van der Waals surface area contributed by atoms with Crippen LogP contribution in [0.3, 0.4) is 0 Å². The molecule has 0 amide bonds. The highest BCUT2D eigenvalue weighted by atomic mass is 16.5. The van der Waals surface area contributed by atoms with Crippen LogP contribution < -0.4 is 0 Å². The van der Waals surface area contributed by atoms with Gasteiger partial charge in [-0.3, -0.25) is 9.88 Å². The standard InChI is InChI=1S/C13H18N4O/c1-17(9-13-15-7-8-16-13)12(10-18-2)11-5-3-4-6-14-11/h3-8,12H,9-10H2,1-2H3,(H,15,16)/t12-/m0/s1. The molecular weight excluding hydrogens is 228 g/mol. The van der Waals surface area contributed by atoms with Crippen molar-refractivity contribution < 1.29 is 4.74 Å². The summed E-state index contributed by atoms with van der Waals surface area (Å²) in [6.07, 6.45) is 5.39. The monoisotopic (exact) mass is 246 g/mol. The summed E-state index contributed by atoms with van der Waals surface area (Å²) in [7, 11) is 3.75. The molecule has 0 spiro atoms. The molecule has 0 saturated heterocycles. The highest BCUT2D eigenvalue weighted by Gasteiger charge is 2.18. The zero-order valence-electron chi connectivity index (χ0n) is 10.7. The molecule has 18 heavy (non-hydrogen) atoms. The first-order valence-electron chi connectivity index (χ1n) is 5.89. The van der Waals surface area contributed by atoms with Crippen molar-refractivity contribution in [2.45, 2.75) is 12.6 Å². The van der Waals surface area contributed by atoms with Gasteiger partial charge in [0.2, 0.25) is 0 Å². The number of hydrogen-bond donors (Lipinski definition) is 1. The third kappa shape index (κ3) is 3.15. The van der Waals surface area contributed by atoms with Crippen molar-refractivity contribution in [3.05, 3.63) is 48.3 Å². The molecule has 96 valence electrons. The van der Waals surface area contributed by atoms with Gasteiger partial charge in [0.25, 0.3) is 0 Å². The zero-order chi connectivity index (χ0) is 12.8. The van der Waals surface area contributed by atoms with Crippen LogP contribution in [0.25, 0.3) is 0 Å². The van der Waals surface area contributed by atoms with Crippen LogP contribution in [0.4, 0.5) is 0 Å². The minimum atomic E-state index is 0.126. The van der Waals surface area contributed by atoms with Crippen LogP contribution in [0, 0.1) is 0 Å². The number of methoxy groups -OCH3 is 1. The van der Waals surface area contributed by atoms with Crippen LogP contribution in [0.2, 0.25) is 0 Å². The number of hydrogen-bond acceptors (Lipinski definition) is 4. The number of nitrogens with zero attached hydrogens (tertiary/aromatic N) is 3. The van der Waals surface area contributed by atoms with Crippen molar-refractivity contribution in [2.24, 2.45) is 0 Å². The molecule has 2 rings (SSSR count). The molecule has 1 atom stereocenters. The number of aromatic amines is 1. The Kier molecular flexibility index (Phi) is 4.44. The van der Waals surface area contributed by atoms with Crippen LogP contribution in [0.1, 0.15) is 17.6 Å². The fourth-order valence-corrected chi connectivity index (χ4v) is 1.90. The van der Waals surface area contributed by atoms with Crippen molar-refractivity contribution in [1.82, 2.24) is 19.9 Å². The van der Waals surface area contributed by atoms with E-state index in [1.165, 1.54) is 0 Å². The predicted molar refractivity (Wildman–Crippen MR) is 68.9 cm³/mol. The number of rotatable bonds is 6. The van der Waals surface area contributed by atoms with Crippen LogP contribution in [0.15, 0.2) is 36.8 Å². The first kappa shape index (κ1) is 12.7. The molecule has 5 nitrogen and oxygen atoms in total. The highest BCUT2D eigenvalue weighted by Crippen LogP contribution is 2.18. The summed E-state index contributed by atoms with van der Waals surface area (Å²) in [6.45, 7) is 1.34. The van der Waals surface area contributed by atoms with E-state index < -0.39 is 0 Å². The van der Waals surface area contributed by atoms with Gasteiger partial charge >= 0.3 is 0 Å². The molecule has 0 fully saturated rings. The first-order valence-corrected chi connectivity index (χ1v) is 5.89. The van der Waals surface area contributed by atoms with Gasteiger partial charge in [0, 0.05) is 25.7 Å². The number of H-pyrrole nitrogens is 1. The Morgan fingerprint density at radius 3 is 2.83 bits per heavy atom. The maximum absolute atomic E-state index is 5.29. The summed E-state index contributed by atoms with van der Waals surface area (Å²) in [4.78, 5) is 13.9. The highest BCUT2D eigenvalue weighted by molar-refractivity contribution is 5.09. The molecule has 2 heterocycles. The molecule has 1 N–H and O–H groups in total. The van der Waals surface area contributed by atoms with Crippen molar-refractivity contribution in [3.63, 3.8) is 0 Å². The van der Waals surface area contributed by atoms with Gasteiger partial charge in [-0.2, -0.15) is 0 Å². The van der Waals surface area contributed by atoms with Gasteiger partial charge in [0.1, 0.15) is 5.82 Å². The minimum absolute atomic E-state index is 0.126. The van der Waals surface area contributed by atoms with E-state index in [9.17, 15) is 0 Å². The number of aromatic nitrogens is 3. The molecule has 0 unspecified atom stereocenters. The van der Waals surface area contributed by atoms with E-state index in [1.807, 2.05) is 31.4 Å². The van der Waals surface area contributed by atoms with Crippen LogP contribution in [0.5, 0.6) is 0 Å². The van der Waals surface area contributed by atoms with E-state index in [4.69, 9.17) is 4.74 Å². The van der Waals surface area contributed by atoms with Crippen molar-refractivity contribution >= 4 is 0 Å². The number of likely N-dealkylation sites (N-methyl/N-ethyl adjacent to an activating group) is 1. The van der Waals surface area contributed by atoms with Crippen molar-refractivity contribution in [1.29, 1.82) is 0 Å². The van der Waals surface area contributed by atoms with E-state index in [0.717, 1.165) is 18.1 Å². The van der Waals surface area contributed by atoms with Crippen molar-refractivity contribution in [2.75, 3.05) is 20.8 Å². The van der Waals surface area contributed by atoms with Crippen molar-refractivity contribution in [3.8, 4) is 0 Å². The Bertz CT molecular complexity index is 443. The number of ether oxygens (including phenoxy) is 1. The third-order valence-corrected chi connectivity index (χ3v) is 2.84. The fourth-order valence-electron chi connectivity index (χ4n) is 1.90. The molecule has 0 aliphatic carbocycles. The minimum Gasteiger partial charge on any atom is -0.383 e. The number of imidazole rings is 1. The van der Waals surface area contributed by atoms with Gasteiger partial charge in [-0.25, -0.2) is 4.98 Å². The van der Waals surface area contributed by atoms with Gasteiger partial charge in [-0.05, 0) is 19.2 Å². The second kappa shape index (κ2) is 6.28. The van der Waals surface area contributed by atoms with E-state index in [2.05, 4.69) is 19.9 Å². The lowest BCUT2D eigenvalue weighted by molar-refractivity contribution is 0.0986. The van der Waals surface area contributed by atoms with Crippen LogP contribution in [-0.4, -0.2) is 40.6 Å². The molecule has 0 aliphatic rings. The number of nitrogens with one attached hydrogen (secondary N) is 1. The molecular formula is C13H18N4O. The lowest BCUT2D eigenvalue weighted by Gasteiger charge is -2.26. The molecule has 0 saturated carbocycles. The Morgan fingerprint density at radius 1 is 1.33 bits per heavy atom. The molecule has 0 bridgehead atoms. The van der Waals surface area contributed by atoms with Gasteiger partial charge < -0.3 is 9.72 Å². The first-order chi connectivity index (χ1) is 8.81. The van der Waals surface area contributed by atoms with Gasteiger partial charge in [0.05, 0.1) is 24.9 Å². The summed E-state index contributed by atoms with van der Waals surface area (Å²) in [5, 5.41) is 0. The summed E-state index contributed by atoms with van der Waals surface area (Å²) in [5.41, 5.74) is 1.01. The molecule has 2 aromatic heterocycles. The molecule has 0 aliphatic heterocycles. The zero-order valence-corrected chi connectivity index (χ0v) is 10.7. The molecule has 2 aromatic rings. The summed E-state index contributed by atoms with van der Waals surface area (Å²) >= 11 is 0. The maximum atomic E-state index is 5.29. The largest absolute Gasteiger partial charge is 0.383 e. The second-order valence-electron chi connectivity index (χ2n) is 4.18. The Hall–Kier alpha value is -1.72. The Labute approximate surface area is 107 Å². The van der Waals surface area contributed by atoms with E-state index >= 15 is 0 Å². The van der Waals surface area contributed by atoms with E-state index in [-0.39, 0.29) is 6.04 Å². The molecule has 0 radical (unpaired) electrons. The fraction of sp³-hybridized carbons (Fsp3) is 0.385. The van der Waals surface area contributed by atoms with E-state index in [1.54, 1.807) is 19.5 Å². The molecule has 5 heteroatoms. The topological polar surface area (TPSA) is 54.0 Å². The Morgan fingerprint density at radius 2 is 2.22 bits per heavy atom. The Balaban J connectivity index is 2.09. The lowest BCUT2D eigenvalue weighted by atomic mass is 10.1. The predicted octanol–water partition coefficient (Wildman–Crippen LogP) is 1.62. The SMILES string of the molecule is COC[C@@H](c1ccccn1)N(C)Cc1ncc[nH]1. The normalized spacial score (nSPS) is 12.8. The quantitative estimate of drug-likeness (QED) is 0.841. The average Bonchev–Trinajstić information content (AvgIpc) is 2.89. The van der Waals surface area contributed by atoms with Crippen LogP contribution in [-0.2, 0) is 11.3 Å². The third-order valence-electron chi connectivity index (χ3n) is 2.84.